The maximum absolute atomic E-state index is 12.4. The molecule has 0 saturated carbocycles. The van der Waals surface area contributed by atoms with Gasteiger partial charge in [-0.1, -0.05) is 42.1 Å². The Balaban J connectivity index is 1.61. The summed E-state index contributed by atoms with van der Waals surface area (Å²) >= 11 is 1.29. The van der Waals surface area contributed by atoms with Crippen molar-refractivity contribution in [2.45, 2.75) is 32.1 Å². The average molecular weight is 436 g/mol. The number of carbonyl (C=O) groups excluding carboxylic acids is 2. The van der Waals surface area contributed by atoms with Gasteiger partial charge in [0.25, 0.3) is 5.91 Å². The van der Waals surface area contributed by atoms with Crippen molar-refractivity contribution in [2.24, 2.45) is 0 Å². The summed E-state index contributed by atoms with van der Waals surface area (Å²) in [7, 11) is 0. The van der Waals surface area contributed by atoms with Gasteiger partial charge in [0.05, 0.1) is 12.3 Å². The summed E-state index contributed by atoms with van der Waals surface area (Å²) in [4.78, 5) is 24.7. The zero-order chi connectivity index (χ0) is 22.2. The van der Waals surface area contributed by atoms with E-state index in [-0.39, 0.29) is 24.1 Å². The van der Waals surface area contributed by atoms with Crippen LogP contribution in [0.1, 0.15) is 27.3 Å². The van der Waals surface area contributed by atoms with E-state index in [0.717, 1.165) is 16.8 Å². The Morgan fingerprint density at radius 2 is 1.81 bits per heavy atom. The molecule has 2 amide bonds. The molecule has 0 aliphatic carbocycles. The van der Waals surface area contributed by atoms with Crippen LogP contribution in [0, 0.1) is 13.8 Å². The minimum Gasteiger partial charge on any atom is -0.345 e. The second-order valence-electron chi connectivity index (χ2n) is 7.06. The molecule has 0 radical (unpaired) electrons. The first-order valence-corrected chi connectivity index (χ1v) is 10.8. The predicted octanol–water partition coefficient (Wildman–Crippen LogP) is 3.74. The monoisotopic (exact) mass is 435 g/mol. The first-order valence-electron chi connectivity index (χ1n) is 9.83. The Labute approximate surface area is 186 Å². The topological polar surface area (TPSA) is 88.9 Å². The lowest BCUT2D eigenvalue weighted by atomic mass is 10.1. The minimum atomic E-state index is -0.184. The molecule has 1 aromatic heterocycles. The molecule has 31 heavy (non-hydrogen) atoms. The highest BCUT2D eigenvalue weighted by Gasteiger charge is 2.15. The molecule has 0 unspecified atom stereocenters. The van der Waals surface area contributed by atoms with Gasteiger partial charge in [-0.3, -0.25) is 9.59 Å². The van der Waals surface area contributed by atoms with Gasteiger partial charge in [-0.15, -0.1) is 16.8 Å². The van der Waals surface area contributed by atoms with E-state index in [2.05, 4.69) is 33.5 Å². The molecular formula is C23H25N5O2S. The van der Waals surface area contributed by atoms with E-state index < -0.39 is 0 Å². The van der Waals surface area contributed by atoms with Crippen LogP contribution in [0.15, 0.2) is 66.3 Å². The van der Waals surface area contributed by atoms with E-state index in [1.165, 1.54) is 11.8 Å². The quantitative estimate of drug-likeness (QED) is 0.395. The molecule has 2 aromatic carbocycles. The smallest absolute Gasteiger partial charge is 0.251 e. The number of nitrogens with one attached hydrogen (secondary N) is 2. The number of hydrogen-bond acceptors (Lipinski definition) is 5. The van der Waals surface area contributed by atoms with Crippen molar-refractivity contribution in [1.82, 2.24) is 20.1 Å². The van der Waals surface area contributed by atoms with E-state index in [1.807, 2.05) is 48.7 Å². The molecule has 7 nitrogen and oxygen atoms in total. The molecule has 0 atom stereocenters. The number of aromatic nitrogens is 3. The molecule has 0 saturated heterocycles. The first-order chi connectivity index (χ1) is 15.0. The third kappa shape index (κ3) is 6.29. The lowest BCUT2D eigenvalue weighted by Gasteiger charge is -2.10. The fourth-order valence-corrected chi connectivity index (χ4v) is 3.86. The summed E-state index contributed by atoms with van der Waals surface area (Å²) in [5, 5.41) is 14.7. The van der Waals surface area contributed by atoms with Crippen LogP contribution in [0.3, 0.4) is 0 Å². The van der Waals surface area contributed by atoms with Gasteiger partial charge in [-0.05, 0) is 49.2 Å². The van der Waals surface area contributed by atoms with Crippen molar-refractivity contribution >= 4 is 29.3 Å². The molecule has 1 heterocycles. The number of thioether (sulfide) groups is 1. The molecule has 3 rings (SSSR count). The van der Waals surface area contributed by atoms with Crippen LogP contribution in [-0.4, -0.2) is 32.3 Å². The summed E-state index contributed by atoms with van der Waals surface area (Å²) in [5.41, 5.74) is 3.54. The van der Waals surface area contributed by atoms with Crippen LogP contribution in [0.2, 0.25) is 0 Å². The number of hydrogen-bond donors (Lipinski definition) is 2. The van der Waals surface area contributed by atoms with E-state index in [9.17, 15) is 9.59 Å². The van der Waals surface area contributed by atoms with Crippen LogP contribution in [0.5, 0.6) is 0 Å². The second-order valence-corrected chi connectivity index (χ2v) is 8.00. The standard InChI is InChI=1S/C23H25N5O2S/c1-4-10-28-20(14-24-22(30)18-8-6-5-7-9-18)26-27-23(28)31-15-21(29)25-19-12-16(2)11-17(3)13-19/h4-9,11-13H,1,10,14-15H2,2-3H3,(H,24,30)(H,25,29). The summed E-state index contributed by atoms with van der Waals surface area (Å²) in [6.07, 6.45) is 1.73. The summed E-state index contributed by atoms with van der Waals surface area (Å²) in [6.45, 7) is 8.47. The van der Waals surface area contributed by atoms with Crippen LogP contribution >= 0.6 is 11.8 Å². The summed E-state index contributed by atoms with van der Waals surface area (Å²) in [6, 6.07) is 14.9. The van der Waals surface area contributed by atoms with E-state index >= 15 is 0 Å². The van der Waals surface area contributed by atoms with Crippen molar-refractivity contribution in [3.05, 3.63) is 83.7 Å². The minimum absolute atomic E-state index is 0.123. The van der Waals surface area contributed by atoms with Gasteiger partial charge >= 0.3 is 0 Å². The van der Waals surface area contributed by atoms with Crippen LogP contribution in [0.25, 0.3) is 0 Å². The van der Waals surface area contributed by atoms with Crippen LogP contribution in [-0.2, 0) is 17.9 Å². The van der Waals surface area contributed by atoms with Crippen molar-refractivity contribution in [1.29, 1.82) is 0 Å². The molecule has 0 spiro atoms. The molecule has 2 N–H and O–H groups in total. The Morgan fingerprint density at radius 1 is 1.10 bits per heavy atom. The molecule has 0 fully saturated rings. The van der Waals surface area contributed by atoms with Gasteiger partial charge in [-0.2, -0.15) is 0 Å². The van der Waals surface area contributed by atoms with Gasteiger partial charge in [0.15, 0.2) is 11.0 Å². The van der Waals surface area contributed by atoms with Gasteiger partial charge in [0.1, 0.15) is 0 Å². The molecule has 0 bridgehead atoms. The number of carbonyl (C=O) groups is 2. The van der Waals surface area contributed by atoms with Gasteiger partial charge in [-0.25, -0.2) is 0 Å². The lowest BCUT2D eigenvalue weighted by molar-refractivity contribution is -0.113. The number of allylic oxidation sites excluding steroid dienone is 1. The Hall–Kier alpha value is -3.39. The van der Waals surface area contributed by atoms with Crippen molar-refractivity contribution in [2.75, 3.05) is 11.1 Å². The van der Waals surface area contributed by atoms with E-state index in [1.54, 1.807) is 18.2 Å². The SMILES string of the molecule is C=CCn1c(CNC(=O)c2ccccc2)nnc1SCC(=O)Nc1cc(C)cc(C)c1. The zero-order valence-electron chi connectivity index (χ0n) is 17.6. The van der Waals surface area contributed by atoms with Gasteiger partial charge in [0.2, 0.25) is 5.91 Å². The van der Waals surface area contributed by atoms with E-state index in [0.29, 0.717) is 23.1 Å². The average Bonchev–Trinajstić information content (AvgIpc) is 3.12. The summed E-state index contributed by atoms with van der Waals surface area (Å²) in [5.74, 6) is 0.484. The Kier molecular flexibility index (Phi) is 7.61. The molecule has 3 aromatic rings. The highest BCUT2D eigenvalue weighted by Crippen LogP contribution is 2.19. The Bertz CT molecular complexity index is 1060. The Morgan fingerprint density at radius 3 is 2.48 bits per heavy atom. The number of aryl methyl sites for hydroxylation is 2. The third-order valence-corrected chi connectivity index (χ3v) is 5.35. The number of amides is 2. The van der Waals surface area contributed by atoms with Crippen LogP contribution in [0.4, 0.5) is 5.69 Å². The number of benzene rings is 2. The van der Waals surface area contributed by atoms with Crippen molar-refractivity contribution < 1.29 is 9.59 Å². The maximum Gasteiger partial charge on any atom is 0.251 e. The summed E-state index contributed by atoms with van der Waals surface area (Å²) < 4.78 is 1.84. The molecule has 160 valence electrons. The second kappa shape index (κ2) is 10.6. The predicted molar refractivity (Wildman–Crippen MR) is 123 cm³/mol. The molecule has 0 aliphatic rings. The zero-order valence-corrected chi connectivity index (χ0v) is 18.4. The number of nitrogens with zero attached hydrogens (tertiary/aromatic N) is 3. The van der Waals surface area contributed by atoms with Crippen molar-refractivity contribution in [3.63, 3.8) is 0 Å². The van der Waals surface area contributed by atoms with Crippen LogP contribution < -0.4 is 10.6 Å². The number of rotatable bonds is 9. The third-order valence-electron chi connectivity index (χ3n) is 4.39. The number of anilines is 1. The van der Waals surface area contributed by atoms with E-state index in [4.69, 9.17) is 0 Å². The first kappa shape index (κ1) is 22.3. The van der Waals surface area contributed by atoms with Gasteiger partial charge in [0, 0.05) is 17.8 Å². The highest BCUT2D eigenvalue weighted by molar-refractivity contribution is 7.99. The largest absolute Gasteiger partial charge is 0.345 e. The lowest BCUT2D eigenvalue weighted by Crippen LogP contribution is -2.24. The molecule has 8 heteroatoms. The maximum atomic E-state index is 12.4. The van der Waals surface area contributed by atoms with Crippen molar-refractivity contribution in [3.8, 4) is 0 Å². The van der Waals surface area contributed by atoms with Gasteiger partial charge < -0.3 is 15.2 Å². The fourth-order valence-electron chi connectivity index (χ4n) is 3.09. The molecule has 0 aliphatic heterocycles. The molecular weight excluding hydrogens is 410 g/mol. The fraction of sp³-hybridized carbons (Fsp3) is 0.217. The highest BCUT2D eigenvalue weighted by atomic mass is 32.2. The normalized spacial score (nSPS) is 10.5.